The van der Waals surface area contributed by atoms with Gasteiger partial charge in [0.1, 0.15) is 16.4 Å². The molecule has 1 aromatic heterocycles. The second kappa shape index (κ2) is 8.44. The summed E-state index contributed by atoms with van der Waals surface area (Å²) in [7, 11) is 0. The number of hydrogen-bond acceptors (Lipinski definition) is 7. The zero-order valence-electron chi connectivity index (χ0n) is 13.3. The van der Waals surface area contributed by atoms with E-state index in [9.17, 15) is 19.7 Å². The van der Waals surface area contributed by atoms with Crippen LogP contribution in [0, 0.1) is 10.1 Å². The van der Waals surface area contributed by atoms with Crippen LogP contribution in [0.15, 0.2) is 46.9 Å². The van der Waals surface area contributed by atoms with Crippen molar-refractivity contribution in [2.24, 2.45) is 0 Å². The first-order chi connectivity index (χ1) is 12.0. The molecule has 0 unspecified atom stereocenters. The lowest BCUT2D eigenvalue weighted by Gasteiger charge is -2.04. The largest absolute Gasteiger partial charge is 0.494 e. The van der Waals surface area contributed by atoms with Crippen LogP contribution in [0.25, 0.3) is 6.08 Å². The van der Waals surface area contributed by atoms with Gasteiger partial charge in [-0.2, -0.15) is 0 Å². The van der Waals surface area contributed by atoms with Gasteiger partial charge in [0.05, 0.1) is 12.7 Å². The SMILES string of the molecule is CCOc1ccc(C(=O)COC(=O)/C=C/c2ccc([N+](=O)[O-])o2)cc1. The summed E-state index contributed by atoms with van der Waals surface area (Å²) in [5.41, 5.74) is 0.391. The van der Waals surface area contributed by atoms with E-state index in [1.807, 2.05) is 6.92 Å². The lowest BCUT2D eigenvalue weighted by Crippen LogP contribution is -2.12. The Morgan fingerprint density at radius 3 is 2.52 bits per heavy atom. The third-order valence-electron chi connectivity index (χ3n) is 3.01. The first-order valence-corrected chi connectivity index (χ1v) is 7.34. The van der Waals surface area contributed by atoms with Gasteiger partial charge in [-0.3, -0.25) is 14.9 Å². The van der Waals surface area contributed by atoms with Gasteiger partial charge in [-0.1, -0.05) is 0 Å². The highest BCUT2D eigenvalue weighted by atomic mass is 16.6. The fourth-order valence-electron chi connectivity index (χ4n) is 1.85. The fraction of sp³-hybridized carbons (Fsp3) is 0.176. The Labute approximate surface area is 142 Å². The Hall–Kier alpha value is -3.42. The summed E-state index contributed by atoms with van der Waals surface area (Å²) in [5, 5.41) is 10.5. The van der Waals surface area contributed by atoms with Gasteiger partial charge in [0.25, 0.3) is 0 Å². The molecule has 0 spiro atoms. The highest BCUT2D eigenvalue weighted by molar-refractivity contribution is 5.98. The molecular weight excluding hydrogens is 330 g/mol. The van der Waals surface area contributed by atoms with Gasteiger partial charge < -0.3 is 13.9 Å². The number of ether oxygens (including phenoxy) is 2. The summed E-state index contributed by atoms with van der Waals surface area (Å²) >= 11 is 0. The van der Waals surface area contributed by atoms with Crippen molar-refractivity contribution in [3.8, 4) is 5.75 Å². The maximum atomic E-state index is 11.9. The van der Waals surface area contributed by atoms with Crippen LogP contribution in [-0.4, -0.2) is 29.9 Å². The molecule has 130 valence electrons. The van der Waals surface area contributed by atoms with Crippen molar-refractivity contribution in [2.75, 3.05) is 13.2 Å². The lowest BCUT2D eigenvalue weighted by molar-refractivity contribution is -0.402. The fourth-order valence-corrected chi connectivity index (χ4v) is 1.85. The summed E-state index contributed by atoms with van der Waals surface area (Å²) < 4.78 is 15.0. The van der Waals surface area contributed by atoms with Gasteiger partial charge in [0, 0.05) is 11.6 Å². The van der Waals surface area contributed by atoms with E-state index in [4.69, 9.17) is 13.9 Å². The number of nitro groups is 1. The van der Waals surface area contributed by atoms with Gasteiger partial charge in [-0.15, -0.1) is 0 Å². The molecule has 0 bridgehead atoms. The van der Waals surface area contributed by atoms with E-state index in [2.05, 4.69) is 0 Å². The number of benzene rings is 1. The average Bonchev–Trinajstić information content (AvgIpc) is 3.08. The van der Waals surface area contributed by atoms with Crippen molar-refractivity contribution in [3.63, 3.8) is 0 Å². The molecule has 0 radical (unpaired) electrons. The average molecular weight is 345 g/mol. The molecule has 2 aromatic rings. The Morgan fingerprint density at radius 1 is 1.20 bits per heavy atom. The zero-order valence-corrected chi connectivity index (χ0v) is 13.3. The molecule has 2 rings (SSSR count). The summed E-state index contributed by atoms with van der Waals surface area (Å²) in [4.78, 5) is 33.3. The van der Waals surface area contributed by atoms with Crippen molar-refractivity contribution >= 4 is 23.7 Å². The number of hydrogen-bond donors (Lipinski definition) is 0. The van der Waals surface area contributed by atoms with Gasteiger partial charge >= 0.3 is 11.9 Å². The molecule has 0 fully saturated rings. The first kappa shape index (κ1) is 17.9. The second-order valence-electron chi connectivity index (χ2n) is 4.75. The van der Waals surface area contributed by atoms with Crippen molar-refractivity contribution in [1.82, 2.24) is 0 Å². The molecule has 0 saturated carbocycles. The van der Waals surface area contributed by atoms with Crippen LogP contribution in [0.1, 0.15) is 23.0 Å². The number of nitrogens with zero attached hydrogens (tertiary/aromatic N) is 1. The van der Waals surface area contributed by atoms with Crippen molar-refractivity contribution in [1.29, 1.82) is 0 Å². The summed E-state index contributed by atoms with van der Waals surface area (Å²) in [5.74, 6) is -0.788. The summed E-state index contributed by atoms with van der Waals surface area (Å²) in [6, 6.07) is 8.98. The lowest BCUT2D eigenvalue weighted by atomic mass is 10.1. The van der Waals surface area contributed by atoms with Crippen LogP contribution < -0.4 is 4.74 Å². The molecule has 0 aliphatic carbocycles. The number of ketones is 1. The Kier molecular flexibility index (Phi) is 6.05. The molecule has 0 aliphatic heterocycles. The molecule has 8 heteroatoms. The number of esters is 1. The molecule has 1 aromatic carbocycles. The maximum Gasteiger partial charge on any atom is 0.433 e. The van der Waals surface area contributed by atoms with Crippen molar-refractivity contribution in [2.45, 2.75) is 6.92 Å². The summed E-state index contributed by atoms with van der Waals surface area (Å²) in [6.45, 7) is 1.96. The third-order valence-corrected chi connectivity index (χ3v) is 3.01. The van der Waals surface area contributed by atoms with Crippen molar-refractivity contribution < 1.29 is 28.4 Å². The van der Waals surface area contributed by atoms with Crippen LogP contribution >= 0.6 is 0 Å². The van der Waals surface area contributed by atoms with E-state index in [0.717, 1.165) is 6.08 Å². The van der Waals surface area contributed by atoms with E-state index in [0.29, 0.717) is 17.9 Å². The highest BCUT2D eigenvalue weighted by Crippen LogP contribution is 2.16. The number of carbonyl (C=O) groups is 2. The number of carbonyl (C=O) groups excluding carboxylic acids is 2. The normalized spacial score (nSPS) is 10.6. The van der Waals surface area contributed by atoms with E-state index >= 15 is 0 Å². The van der Waals surface area contributed by atoms with Crippen LogP contribution in [0.3, 0.4) is 0 Å². The van der Waals surface area contributed by atoms with Crippen molar-refractivity contribution in [3.05, 3.63) is 63.9 Å². The van der Waals surface area contributed by atoms with Crippen LogP contribution in [0.2, 0.25) is 0 Å². The van der Waals surface area contributed by atoms with Crippen LogP contribution in [0.5, 0.6) is 5.75 Å². The monoisotopic (exact) mass is 345 g/mol. The van der Waals surface area contributed by atoms with Gasteiger partial charge in [-0.05, 0) is 43.3 Å². The van der Waals surface area contributed by atoms with Crippen LogP contribution in [0.4, 0.5) is 5.88 Å². The summed E-state index contributed by atoms with van der Waals surface area (Å²) in [6.07, 6.45) is 2.24. The van der Waals surface area contributed by atoms with E-state index < -0.39 is 23.4 Å². The Bertz CT molecular complexity index is 790. The Morgan fingerprint density at radius 2 is 1.92 bits per heavy atom. The number of rotatable bonds is 8. The molecule has 0 amide bonds. The van der Waals surface area contributed by atoms with E-state index in [1.54, 1.807) is 24.3 Å². The number of furan rings is 1. The zero-order chi connectivity index (χ0) is 18.2. The highest BCUT2D eigenvalue weighted by Gasteiger charge is 2.11. The molecule has 8 nitrogen and oxygen atoms in total. The predicted octanol–water partition coefficient (Wildman–Crippen LogP) is 3.03. The molecule has 0 saturated heterocycles. The smallest absolute Gasteiger partial charge is 0.433 e. The Balaban J connectivity index is 1.84. The van der Waals surface area contributed by atoms with E-state index in [-0.39, 0.29) is 11.5 Å². The molecule has 0 atom stereocenters. The maximum absolute atomic E-state index is 11.9. The third kappa shape index (κ3) is 5.31. The minimum Gasteiger partial charge on any atom is -0.494 e. The first-order valence-electron chi connectivity index (χ1n) is 7.34. The van der Waals surface area contributed by atoms with Crippen LogP contribution in [-0.2, 0) is 9.53 Å². The second-order valence-corrected chi connectivity index (χ2v) is 4.75. The van der Waals surface area contributed by atoms with E-state index in [1.165, 1.54) is 18.2 Å². The van der Waals surface area contributed by atoms with Gasteiger partial charge in [0.15, 0.2) is 12.4 Å². The molecule has 0 N–H and O–H groups in total. The van der Waals surface area contributed by atoms with Gasteiger partial charge in [0.2, 0.25) is 0 Å². The molecule has 25 heavy (non-hydrogen) atoms. The van der Waals surface area contributed by atoms with Gasteiger partial charge in [-0.25, -0.2) is 4.79 Å². The predicted molar refractivity (Wildman–Crippen MR) is 87.3 cm³/mol. The number of Topliss-reactive ketones (excluding diaryl/α,β-unsaturated/α-hetero) is 1. The quantitative estimate of drug-likeness (QED) is 0.238. The topological polar surface area (TPSA) is 109 Å². The standard InChI is InChI=1S/C17H15NO7/c1-2-23-13-5-3-12(4-6-13)15(19)11-24-17(20)10-8-14-7-9-16(25-14)18(21)22/h3-10H,2,11H2,1H3/b10-8+. The molecular formula is C17H15NO7. The minimum absolute atomic E-state index is 0.126. The minimum atomic E-state index is -0.765. The molecule has 0 aliphatic rings. The molecule has 1 heterocycles.